The minimum absolute atomic E-state index is 0.112. The summed E-state index contributed by atoms with van der Waals surface area (Å²) in [5.74, 6) is -0.112. The summed E-state index contributed by atoms with van der Waals surface area (Å²) >= 11 is 0. The van der Waals surface area contributed by atoms with Crippen molar-refractivity contribution < 1.29 is 13.6 Å². The largest absolute Gasteiger partial charge is 0.324 e. The van der Waals surface area contributed by atoms with Crippen LogP contribution in [0.3, 0.4) is 0 Å². The first-order valence-corrected chi connectivity index (χ1v) is 6.43. The van der Waals surface area contributed by atoms with Gasteiger partial charge in [0.05, 0.1) is 5.54 Å². The lowest BCUT2D eigenvalue weighted by atomic mass is 9.99. The highest BCUT2D eigenvalue weighted by atomic mass is 19.3. The van der Waals surface area contributed by atoms with Gasteiger partial charge in [-0.3, -0.25) is 4.79 Å². The van der Waals surface area contributed by atoms with Crippen molar-refractivity contribution in [3.8, 4) is 0 Å². The van der Waals surface area contributed by atoms with Crippen molar-refractivity contribution >= 4 is 11.6 Å². The Morgan fingerprint density at radius 1 is 1.53 bits per heavy atom. The van der Waals surface area contributed by atoms with Crippen molar-refractivity contribution in [3.05, 3.63) is 29.8 Å². The summed E-state index contributed by atoms with van der Waals surface area (Å²) in [6.07, 6.45) is -0.913. The van der Waals surface area contributed by atoms with Gasteiger partial charge in [0, 0.05) is 12.1 Å². The molecule has 1 atom stereocenters. The van der Waals surface area contributed by atoms with Gasteiger partial charge in [-0.2, -0.15) is 0 Å². The highest BCUT2D eigenvalue weighted by Gasteiger charge is 2.35. The van der Waals surface area contributed by atoms with Crippen LogP contribution in [0.4, 0.5) is 14.5 Å². The molecule has 1 unspecified atom stereocenters. The number of hydrogen-bond donors (Lipinski definition) is 2. The maximum Gasteiger partial charge on any atom is 0.244 e. The van der Waals surface area contributed by atoms with Crippen LogP contribution in [0.15, 0.2) is 24.3 Å². The Balaban J connectivity index is 2.04. The molecule has 1 amide bonds. The van der Waals surface area contributed by atoms with E-state index in [0.29, 0.717) is 11.3 Å². The fraction of sp³-hybridized carbons (Fsp3) is 0.500. The zero-order valence-electron chi connectivity index (χ0n) is 10.9. The van der Waals surface area contributed by atoms with Gasteiger partial charge >= 0.3 is 0 Å². The van der Waals surface area contributed by atoms with Crippen LogP contribution in [-0.4, -0.2) is 24.4 Å². The van der Waals surface area contributed by atoms with E-state index in [2.05, 4.69) is 10.6 Å². The maximum absolute atomic E-state index is 12.3. The third-order valence-electron chi connectivity index (χ3n) is 3.44. The number of nitrogens with one attached hydrogen (secondary N) is 2. The van der Waals surface area contributed by atoms with Crippen LogP contribution in [0, 0.1) is 0 Å². The van der Waals surface area contributed by atoms with Crippen LogP contribution in [0.5, 0.6) is 0 Å². The number of halogens is 2. The summed E-state index contributed by atoms with van der Waals surface area (Å²) in [4.78, 5) is 12.1. The van der Waals surface area contributed by atoms with Crippen molar-refractivity contribution in [1.82, 2.24) is 5.32 Å². The Kier molecular flexibility index (Phi) is 4.14. The van der Waals surface area contributed by atoms with E-state index in [4.69, 9.17) is 0 Å². The average Bonchev–Trinajstić information content (AvgIpc) is 2.77. The molecule has 1 aliphatic rings. The molecule has 2 N–H and O–H groups in total. The van der Waals surface area contributed by atoms with Crippen LogP contribution in [0.1, 0.15) is 25.3 Å². The molecule has 1 aromatic rings. The molecule has 104 valence electrons. The Morgan fingerprint density at radius 2 is 2.32 bits per heavy atom. The number of carbonyl (C=O) groups excluding carboxylic acids is 1. The monoisotopic (exact) mass is 268 g/mol. The molecule has 5 heteroatoms. The molecule has 1 saturated heterocycles. The van der Waals surface area contributed by atoms with Gasteiger partial charge < -0.3 is 10.6 Å². The Morgan fingerprint density at radius 3 is 2.95 bits per heavy atom. The third kappa shape index (κ3) is 3.50. The molecule has 0 bridgehead atoms. The summed E-state index contributed by atoms with van der Waals surface area (Å²) < 4.78 is 24.6. The van der Waals surface area contributed by atoms with Crippen molar-refractivity contribution in [2.24, 2.45) is 0 Å². The van der Waals surface area contributed by atoms with Gasteiger partial charge in [-0.05, 0) is 44.0 Å². The molecule has 0 saturated carbocycles. The SMILES string of the molecule is CC1(C(=O)Nc2cccc(CC(F)F)c2)CCCN1. The molecule has 0 radical (unpaired) electrons. The number of hydrogen-bond acceptors (Lipinski definition) is 2. The van der Waals surface area contributed by atoms with Crippen LogP contribution in [0.2, 0.25) is 0 Å². The molecule has 3 nitrogen and oxygen atoms in total. The van der Waals surface area contributed by atoms with Gasteiger partial charge in [0.1, 0.15) is 0 Å². The van der Waals surface area contributed by atoms with Crippen molar-refractivity contribution in [2.75, 3.05) is 11.9 Å². The van der Waals surface area contributed by atoms with Crippen LogP contribution >= 0.6 is 0 Å². The molecule has 0 aliphatic carbocycles. The summed E-state index contributed by atoms with van der Waals surface area (Å²) in [5, 5.41) is 5.96. The molecule has 19 heavy (non-hydrogen) atoms. The van der Waals surface area contributed by atoms with E-state index in [1.165, 1.54) is 0 Å². The molecule has 1 aromatic carbocycles. The lowest BCUT2D eigenvalue weighted by molar-refractivity contribution is -0.121. The second kappa shape index (κ2) is 5.65. The van der Waals surface area contributed by atoms with Crippen LogP contribution < -0.4 is 10.6 Å². The maximum atomic E-state index is 12.3. The van der Waals surface area contributed by atoms with Gasteiger partial charge in [-0.25, -0.2) is 8.78 Å². The topological polar surface area (TPSA) is 41.1 Å². The summed E-state index contributed by atoms with van der Waals surface area (Å²) in [7, 11) is 0. The summed E-state index contributed by atoms with van der Waals surface area (Å²) in [6.45, 7) is 2.69. The first kappa shape index (κ1) is 13.9. The fourth-order valence-electron chi connectivity index (χ4n) is 2.31. The lowest BCUT2D eigenvalue weighted by Crippen LogP contribution is -2.47. The molecule has 2 rings (SSSR count). The van der Waals surface area contributed by atoms with Gasteiger partial charge in [0.2, 0.25) is 12.3 Å². The zero-order valence-corrected chi connectivity index (χ0v) is 10.9. The minimum atomic E-state index is -2.38. The summed E-state index contributed by atoms with van der Waals surface area (Å²) in [5.41, 5.74) is 0.536. The quantitative estimate of drug-likeness (QED) is 0.881. The van der Waals surface area contributed by atoms with E-state index in [-0.39, 0.29) is 12.3 Å². The van der Waals surface area contributed by atoms with Crippen molar-refractivity contribution in [3.63, 3.8) is 0 Å². The van der Waals surface area contributed by atoms with E-state index in [1.54, 1.807) is 24.3 Å². The normalized spacial score (nSPS) is 22.7. The highest BCUT2D eigenvalue weighted by Crippen LogP contribution is 2.21. The Hall–Kier alpha value is -1.49. The molecule has 1 fully saturated rings. The van der Waals surface area contributed by atoms with Gasteiger partial charge in [0.15, 0.2) is 0 Å². The zero-order chi connectivity index (χ0) is 13.9. The number of alkyl halides is 2. The van der Waals surface area contributed by atoms with E-state index in [9.17, 15) is 13.6 Å². The number of benzene rings is 1. The Bertz CT molecular complexity index is 457. The lowest BCUT2D eigenvalue weighted by Gasteiger charge is -2.23. The first-order valence-electron chi connectivity index (χ1n) is 6.43. The minimum Gasteiger partial charge on any atom is -0.324 e. The van der Waals surface area contributed by atoms with Gasteiger partial charge in [0.25, 0.3) is 0 Å². The van der Waals surface area contributed by atoms with E-state index >= 15 is 0 Å². The predicted octanol–water partition coefficient (Wildman–Crippen LogP) is 2.57. The first-order chi connectivity index (χ1) is 8.99. The fourth-order valence-corrected chi connectivity index (χ4v) is 2.31. The second-order valence-corrected chi connectivity index (χ2v) is 5.11. The van der Waals surface area contributed by atoms with E-state index < -0.39 is 12.0 Å². The van der Waals surface area contributed by atoms with Crippen molar-refractivity contribution in [2.45, 2.75) is 38.2 Å². The molecule has 0 aromatic heterocycles. The molecular weight excluding hydrogens is 250 g/mol. The smallest absolute Gasteiger partial charge is 0.244 e. The number of amides is 1. The molecular formula is C14H18F2N2O. The standard InChI is InChI=1S/C14H18F2N2O/c1-14(6-3-7-17-14)13(19)18-11-5-2-4-10(8-11)9-12(15)16/h2,4-5,8,12,17H,3,6-7,9H2,1H3,(H,18,19). The van der Waals surface area contributed by atoms with Crippen LogP contribution in [-0.2, 0) is 11.2 Å². The van der Waals surface area contributed by atoms with Crippen molar-refractivity contribution in [1.29, 1.82) is 0 Å². The Labute approximate surface area is 111 Å². The van der Waals surface area contributed by atoms with Crippen LogP contribution in [0.25, 0.3) is 0 Å². The average molecular weight is 268 g/mol. The summed E-state index contributed by atoms with van der Waals surface area (Å²) in [6, 6.07) is 6.63. The third-order valence-corrected chi connectivity index (χ3v) is 3.44. The molecule has 0 spiro atoms. The number of carbonyl (C=O) groups is 1. The predicted molar refractivity (Wildman–Crippen MR) is 70.4 cm³/mol. The highest BCUT2D eigenvalue weighted by molar-refractivity contribution is 5.98. The molecule has 1 heterocycles. The van der Waals surface area contributed by atoms with Gasteiger partial charge in [-0.1, -0.05) is 12.1 Å². The van der Waals surface area contributed by atoms with E-state index in [1.807, 2.05) is 6.92 Å². The second-order valence-electron chi connectivity index (χ2n) is 5.11. The van der Waals surface area contributed by atoms with Gasteiger partial charge in [-0.15, -0.1) is 0 Å². The molecule has 1 aliphatic heterocycles. The number of rotatable bonds is 4. The van der Waals surface area contributed by atoms with E-state index in [0.717, 1.165) is 19.4 Å². The number of anilines is 1.